The van der Waals surface area contributed by atoms with Crippen molar-refractivity contribution in [2.45, 2.75) is 147 Å². The van der Waals surface area contributed by atoms with E-state index in [1.165, 1.54) is 22.7 Å². The Hall–Kier alpha value is -7.14. The lowest BCUT2D eigenvalue weighted by atomic mass is 9.76. The molecule has 11 rings (SSSR count). The lowest BCUT2D eigenvalue weighted by Crippen LogP contribution is -2.54. The van der Waals surface area contributed by atoms with E-state index in [0.717, 1.165) is 118 Å². The molecule has 16 heteroatoms. The van der Waals surface area contributed by atoms with E-state index in [0.29, 0.717) is 30.4 Å². The van der Waals surface area contributed by atoms with Gasteiger partial charge in [-0.25, -0.2) is 9.97 Å². The minimum absolute atomic E-state index is 0.00547. The molecule has 5 amide bonds. The summed E-state index contributed by atoms with van der Waals surface area (Å²) in [6.45, 7) is 6.22. The number of hydrogen-bond acceptors (Lipinski definition) is 11. The molecule has 2 aliphatic heterocycles. The number of benzene rings is 5. The van der Waals surface area contributed by atoms with Crippen LogP contribution in [0.3, 0.4) is 0 Å². The first-order valence-electron chi connectivity index (χ1n) is 30.5. The number of amides is 5. The van der Waals surface area contributed by atoms with Crippen molar-refractivity contribution in [1.82, 2.24) is 41.0 Å². The molecule has 2 aliphatic carbocycles. The summed E-state index contributed by atoms with van der Waals surface area (Å²) in [5.74, 6) is -1.61. The van der Waals surface area contributed by atoms with Crippen LogP contribution in [0.15, 0.2) is 120 Å². The fourth-order valence-electron chi connectivity index (χ4n) is 13.3. The van der Waals surface area contributed by atoms with Crippen molar-refractivity contribution in [3.05, 3.63) is 141 Å². The molecule has 5 aromatic carbocycles. The molecule has 0 bridgehead atoms. The van der Waals surface area contributed by atoms with Gasteiger partial charge in [0.05, 0.1) is 29.5 Å². The first kappa shape index (κ1) is 58.6. The van der Waals surface area contributed by atoms with E-state index in [1.807, 2.05) is 65.6 Å². The second-order valence-corrected chi connectivity index (χ2v) is 25.8. The molecule has 4 fully saturated rings. The van der Waals surface area contributed by atoms with Crippen LogP contribution in [0.5, 0.6) is 0 Å². The molecule has 14 nitrogen and oxygen atoms in total. The van der Waals surface area contributed by atoms with Crippen LogP contribution in [-0.4, -0.2) is 99.4 Å². The predicted octanol–water partition coefficient (Wildman–Crippen LogP) is 12.3. The van der Waals surface area contributed by atoms with Crippen molar-refractivity contribution < 1.29 is 28.8 Å². The van der Waals surface area contributed by atoms with Crippen LogP contribution < -0.4 is 21.3 Å². The van der Waals surface area contributed by atoms with Gasteiger partial charge in [-0.15, -0.1) is 22.7 Å². The Labute approximate surface area is 501 Å². The van der Waals surface area contributed by atoms with Crippen molar-refractivity contribution >= 4 is 79.5 Å². The zero-order chi connectivity index (χ0) is 58.4. The van der Waals surface area contributed by atoms with Gasteiger partial charge in [-0.05, 0) is 129 Å². The van der Waals surface area contributed by atoms with Crippen LogP contribution in [0.1, 0.15) is 153 Å². The van der Waals surface area contributed by atoms with Crippen molar-refractivity contribution in [2.24, 2.45) is 23.7 Å². The summed E-state index contributed by atoms with van der Waals surface area (Å²) in [6.07, 6.45) is 11.5. The van der Waals surface area contributed by atoms with E-state index < -0.39 is 36.1 Å². The van der Waals surface area contributed by atoms with Crippen LogP contribution in [0.4, 0.5) is 0 Å². The van der Waals surface area contributed by atoms with Gasteiger partial charge in [0.2, 0.25) is 17.7 Å². The maximum atomic E-state index is 15.2. The third-order valence-corrected chi connectivity index (χ3v) is 20.5. The Kier molecular flexibility index (Phi) is 18.4. The maximum Gasteiger partial charge on any atom is 0.251 e. The normalized spacial score (nSPS) is 21.0. The Morgan fingerprint density at radius 2 is 1.05 bits per heavy atom. The SMILES string of the molecule is CC[C@@H](C)C(=O)N[C@H](C(=O)N1C[C@@H](NC(=O)c2ccc(C(=O)N[C@H]3C[C@@H](c4nc(-c5ccc6ccccc6c5)cs4)N(C(=O)[C@@H](CC(=O)[C@H](C)NC)C4CCCCC4)C3)cc2)C[C@H]1c1nc(-c2ccc3ccccc3c2)cs1)C1CCCCC1. The molecule has 0 radical (unpaired) electrons. The summed E-state index contributed by atoms with van der Waals surface area (Å²) in [5.41, 5.74) is 4.32. The number of thiazole rings is 2. The number of nitrogens with zero attached hydrogens (tertiary/aromatic N) is 4. The molecule has 7 aromatic rings. The van der Waals surface area contributed by atoms with Crippen molar-refractivity contribution in [3.8, 4) is 22.5 Å². The highest BCUT2D eigenvalue weighted by molar-refractivity contribution is 7.10. The van der Waals surface area contributed by atoms with E-state index in [-0.39, 0.29) is 78.6 Å². The Bertz CT molecular complexity index is 3290. The van der Waals surface area contributed by atoms with E-state index in [4.69, 9.17) is 9.97 Å². The van der Waals surface area contributed by atoms with Gasteiger partial charge in [-0.2, -0.15) is 0 Å². The molecule has 84 heavy (non-hydrogen) atoms. The number of carbonyl (C=O) groups is 6. The first-order valence-corrected chi connectivity index (χ1v) is 32.3. The number of rotatable bonds is 19. The highest BCUT2D eigenvalue weighted by Crippen LogP contribution is 2.42. The van der Waals surface area contributed by atoms with E-state index in [9.17, 15) is 19.2 Å². The van der Waals surface area contributed by atoms with Gasteiger partial charge in [-0.3, -0.25) is 28.8 Å². The number of likely N-dealkylation sites (N-methyl/N-ethyl adjacent to an activating group) is 1. The van der Waals surface area contributed by atoms with Crippen molar-refractivity contribution in [2.75, 3.05) is 20.1 Å². The second kappa shape index (κ2) is 26.4. The summed E-state index contributed by atoms with van der Waals surface area (Å²) in [4.78, 5) is 100. The number of nitrogens with one attached hydrogen (secondary N) is 4. The molecule has 4 heterocycles. The van der Waals surface area contributed by atoms with Gasteiger partial charge in [0.15, 0.2) is 0 Å². The molecule has 4 N–H and O–H groups in total. The molecule has 4 aliphatic rings. The molecule has 2 saturated heterocycles. The summed E-state index contributed by atoms with van der Waals surface area (Å²) in [5, 5.41) is 22.9. The Morgan fingerprint density at radius 1 is 0.583 bits per heavy atom. The zero-order valence-electron chi connectivity index (χ0n) is 48.7. The minimum Gasteiger partial charge on any atom is -0.347 e. The average Bonchev–Trinajstić information content (AvgIpc) is 4.58. The minimum atomic E-state index is -0.691. The molecule has 438 valence electrons. The molecule has 2 aromatic heterocycles. The second-order valence-electron chi connectivity index (χ2n) is 24.0. The van der Waals surface area contributed by atoms with Gasteiger partial charge in [0.25, 0.3) is 11.8 Å². The number of Topliss-reactive ketones (excluding diaryl/α,β-unsaturated/α-hetero) is 1. The molecule has 8 atom stereocenters. The fourth-order valence-corrected chi connectivity index (χ4v) is 15.2. The Morgan fingerprint density at radius 3 is 1.52 bits per heavy atom. The molecule has 0 unspecified atom stereocenters. The number of fused-ring (bicyclic) bond motifs is 2. The lowest BCUT2D eigenvalue weighted by molar-refractivity contribution is -0.141. The molecular formula is C68H78N8O6S2. The van der Waals surface area contributed by atoms with E-state index in [2.05, 4.69) is 81.9 Å². The van der Waals surface area contributed by atoms with E-state index >= 15 is 9.59 Å². The van der Waals surface area contributed by atoms with Crippen LogP contribution in [-0.2, 0) is 19.2 Å². The molecule has 2 saturated carbocycles. The Balaban J connectivity index is 0.807. The highest BCUT2D eigenvalue weighted by atomic mass is 32.1. The number of aromatic nitrogens is 2. The summed E-state index contributed by atoms with van der Waals surface area (Å²) in [7, 11) is 1.77. The van der Waals surface area contributed by atoms with E-state index in [1.54, 1.807) is 31.3 Å². The summed E-state index contributed by atoms with van der Waals surface area (Å²) in [6, 6.07) is 32.8. The van der Waals surface area contributed by atoms with Crippen LogP contribution in [0.2, 0.25) is 0 Å². The quantitative estimate of drug-likeness (QED) is 0.0612. The van der Waals surface area contributed by atoms with Gasteiger partial charge in [-0.1, -0.05) is 125 Å². The molecular weight excluding hydrogens is 1090 g/mol. The smallest absolute Gasteiger partial charge is 0.251 e. The number of ketones is 1. The summed E-state index contributed by atoms with van der Waals surface area (Å²) < 4.78 is 0. The van der Waals surface area contributed by atoms with Gasteiger partial charge in [0.1, 0.15) is 21.8 Å². The van der Waals surface area contributed by atoms with Gasteiger partial charge >= 0.3 is 0 Å². The van der Waals surface area contributed by atoms with Crippen molar-refractivity contribution in [1.29, 1.82) is 0 Å². The predicted molar refractivity (Wildman–Crippen MR) is 333 cm³/mol. The van der Waals surface area contributed by atoms with Crippen molar-refractivity contribution in [3.63, 3.8) is 0 Å². The number of likely N-dealkylation sites (tertiary alicyclic amines) is 2. The lowest BCUT2D eigenvalue weighted by Gasteiger charge is -2.35. The number of hydrogen-bond donors (Lipinski definition) is 4. The third-order valence-electron chi connectivity index (χ3n) is 18.6. The van der Waals surface area contributed by atoms with Crippen LogP contribution in [0, 0.1) is 23.7 Å². The van der Waals surface area contributed by atoms with Gasteiger partial charge in [0, 0.05) is 76.4 Å². The molecule has 0 spiro atoms. The van der Waals surface area contributed by atoms with Gasteiger partial charge < -0.3 is 31.1 Å². The standard InChI is InChI=1S/C68H78N8O6S2/c1-5-41(2)62(78)74-61(46-20-10-7-11-21-46)68(82)76-38-54(35-59(76)66-73-57(40-84-66)52-31-25-44-17-13-15-23-50(44)33-52)71-64(80)48-28-26-47(27-29-48)63(79)70-53-34-58(65-72-56(39-83-65)51-30-24-43-16-12-14-22-49(43)32-51)75(37-53)67(81)55(36-60(77)42(3)69-4)45-18-8-6-9-19-45/h12-17,22-33,39-42,45-46,53-55,58-59,61,69H,5-11,18-21,34-38H2,1-4H3,(H,70,79)(H,71,80)(H,74,78)/t41-,42+,53+,54+,55+,58+,59+,61+/m1/s1. The zero-order valence-corrected chi connectivity index (χ0v) is 50.3. The van der Waals surface area contributed by atoms with Crippen LogP contribution in [0.25, 0.3) is 44.1 Å². The monoisotopic (exact) mass is 1170 g/mol. The highest BCUT2D eigenvalue weighted by Gasteiger charge is 2.46. The first-order chi connectivity index (χ1) is 40.8. The van der Waals surface area contributed by atoms with Crippen LogP contribution >= 0.6 is 22.7 Å². The third kappa shape index (κ3) is 13.1. The largest absolute Gasteiger partial charge is 0.347 e. The maximum absolute atomic E-state index is 15.2. The summed E-state index contributed by atoms with van der Waals surface area (Å²) >= 11 is 3.01. The number of carbonyl (C=O) groups excluding carboxylic acids is 6. The average molecular weight is 1170 g/mol. The topological polar surface area (TPSA) is 183 Å². The fraction of sp³-hybridized carbons (Fsp3) is 0.441.